The standard InChI is InChI=1S/C14H21ClN2O2/c1-19-8-7-17-14(12(15)10-16-17)13(18)9-11-5-3-2-4-6-11/h5,10,13,18H,2-4,6-9H2,1H3. The quantitative estimate of drug-likeness (QED) is 0.817. The minimum absolute atomic E-state index is 0.528. The van der Waals surface area contributed by atoms with Gasteiger partial charge in [-0.05, 0) is 25.7 Å². The highest BCUT2D eigenvalue weighted by atomic mass is 35.5. The monoisotopic (exact) mass is 284 g/mol. The summed E-state index contributed by atoms with van der Waals surface area (Å²) in [6, 6.07) is 0. The molecule has 4 nitrogen and oxygen atoms in total. The molecule has 5 heteroatoms. The van der Waals surface area contributed by atoms with Gasteiger partial charge >= 0.3 is 0 Å². The van der Waals surface area contributed by atoms with Gasteiger partial charge in [-0.3, -0.25) is 4.68 Å². The normalized spacial score (nSPS) is 17.3. The van der Waals surface area contributed by atoms with E-state index in [1.807, 2.05) is 0 Å². The number of nitrogens with zero attached hydrogens (tertiary/aromatic N) is 2. The third-order valence-electron chi connectivity index (χ3n) is 3.50. The average molecular weight is 285 g/mol. The first kappa shape index (κ1) is 14.6. The summed E-state index contributed by atoms with van der Waals surface area (Å²) >= 11 is 6.13. The van der Waals surface area contributed by atoms with Crippen LogP contribution in [-0.2, 0) is 11.3 Å². The van der Waals surface area contributed by atoms with Gasteiger partial charge in [0.25, 0.3) is 0 Å². The predicted molar refractivity (Wildman–Crippen MR) is 75.2 cm³/mol. The Bertz CT molecular complexity index is 443. The molecular weight excluding hydrogens is 264 g/mol. The van der Waals surface area contributed by atoms with Crippen molar-refractivity contribution in [1.82, 2.24) is 9.78 Å². The van der Waals surface area contributed by atoms with Crippen molar-refractivity contribution in [2.45, 2.75) is 44.8 Å². The molecule has 0 bridgehead atoms. The van der Waals surface area contributed by atoms with Crippen molar-refractivity contribution in [1.29, 1.82) is 0 Å². The van der Waals surface area contributed by atoms with E-state index in [0.29, 0.717) is 30.3 Å². The summed E-state index contributed by atoms with van der Waals surface area (Å²) in [5.74, 6) is 0. The molecule has 0 saturated heterocycles. The van der Waals surface area contributed by atoms with Crippen LogP contribution in [0, 0.1) is 0 Å². The number of aromatic nitrogens is 2. The fourth-order valence-electron chi connectivity index (χ4n) is 2.49. The lowest BCUT2D eigenvalue weighted by atomic mass is 9.94. The molecule has 0 saturated carbocycles. The maximum atomic E-state index is 10.4. The summed E-state index contributed by atoms with van der Waals surface area (Å²) in [6.07, 6.45) is 8.58. The van der Waals surface area contributed by atoms with E-state index < -0.39 is 6.10 Å². The van der Waals surface area contributed by atoms with Crippen LogP contribution in [0.5, 0.6) is 0 Å². The van der Waals surface area contributed by atoms with Crippen molar-refractivity contribution in [3.8, 4) is 0 Å². The van der Waals surface area contributed by atoms with Gasteiger partial charge < -0.3 is 9.84 Å². The second-order valence-corrected chi connectivity index (χ2v) is 5.33. The molecule has 0 amide bonds. The summed E-state index contributed by atoms with van der Waals surface area (Å²) in [4.78, 5) is 0. The molecule has 1 aromatic heterocycles. The molecule has 1 unspecified atom stereocenters. The minimum Gasteiger partial charge on any atom is -0.386 e. The number of ether oxygens (including phenoxy) is 1. The van der Waals surface area contributed by atoms with Gasteiger partial charge in [-0.1, -0.05) is 23.3 Å². The largest absolute Gasteiger partial charge is 0.386 e. The summed E-state index contributed by atoms with van der Waals surface area (Å²) in [7, 11) is 1.65. The number of allylic oxidation sites excluding steroid dienone is 1. The molecule has 106 valence electrons. The minimum atomic E-state index is -0.587. The SMILES string of the molecule is COCCn1ncc(Cl)c1C(O)CC1=CCCCC1. The molecule has 1 aromatic rings. The molecule has 1 N–H and O–H groups in total. The van der Waals surface area contributed by atoms with Crippen molar-refractivity contribution >= 4 is 11.6 Å². The fourth-order valence-corrected chi connectivity index (χ4v) is 2.76. The van der Waals surface area contributed by atoms with Crippen LogP contribution >= 0.6 is 11.6 Å². The van der Waals surface area contributed by atoms with Gasteiger partial charge in [-0.2, -0.15) is 5.10 Å². The highest BCUT2D eigenvalue weighted by Crippen LogP contribution is 2.30. The fraction of sp³-hybridized carbons (Fsp3) is 0.643. The van der Waals surface area contributed by atoms with E-state index in [1.54, 1.807) is 18.0 Å². The van der Waals surface area contributed by atoms with Crippen molar-refractivity contribution in [3.63, 3.8) is 0 Å². The van der Waals surface area contributed by atoms with E-state index in [2.05, 4.69) is 11.2 Å². The zero-order valence-electron chi connectivity index (χ0n) is 11.3. The second-order valence-electron chi connectivity index (χ2n) is 4.92. The number of aliphatic hydroxyl groups is 1. The first-order valence-electron chi connectivity index (χ1n) is 6.78. The summed E-state index contributed by atoms with van der Waals surface area (Å²) < 4.78 is 6.78. The molecule has 2 rings (SSSR count). The van der Waals surface area contributed by atoms with E-state index >= 15 is 0 Å². The van der Waals surface area contributed by atoms with Crippen LogP contribution in [0.25, 0.3) is 0 Å². The molecule has 0 aromatic carbocycles. The van der Waals surface area contributed by atoms with Crippen LogP contribution in [-0.4, -0.2) is 28.6 Å². The predicted octanol–water partition coefficient (Wildman–Crippen LogP) is 3.11. The van der Waals surface area contributed by atoms with E-state index in [1.165, 1.54) is 18.4 Å². The Balaban J connectivity index is 2.06. The maximum absolute atomic E-state index is 10.4. The summed E-state index contributed by atoms with van der Waals surface area (Å²) in [5, 5.41) is 15.1. The van der Waals surface area contributed by atoms with E-state index in [9.17, 15) is 5.11 Å². The van der Waals surface area contributed by atoms with E-state index in [4.69, 9.17) is 16.3 Å². The van der Waals surface area contributed by atoms with Crippen LogP contribution in [0.1, 0.15) is 43.9 Å². The smallest absolute Gasteiger partial charge is 0.101 e. The van der Waals surface area contributed by atoms with Crippen molar-refractivity contribution in [2.75, 3.05) is 13.7 Å². The second kappa shape index (κ2) is 7.08. The molecule has 1 heterocycles. The van der Waals surface area contributed by atoms with Gasteiger partial charge in [0.2, 0.25) is 0 Å². The van der Waals surface area contributed by atoms with Gasteiger partial charge in [-0.15, -0.1) is 0 Å². The lowest BCUT2D eigenvalue weighted by Gasteiger charge is -2.18. The number of aliphatic hydroxyl groups excluding tert-OH is 1. The van der Waals surface area contributed by atoms with Gasteiger partial charge in [0, 0.05) is 13.5 Å². The van der Waals surface area contributed by atoms with Crippen molar-refractivity contribution in [3.05, 3.63) is 28.6 Å². The number of halogens is 1. The number of hydrogen-bond acceptors (Lipinski definition) is 3. The molecule has 0 aliphatic heterocycles. The van der Waals surface area contributed by atoms with Crippen LogP contribution in [0.2, 0.25) is 5.02 Å². The molecule has 0 radical (unpaired) electrons. The topological polar surface area (TPSA) is 47.3 Å². The summed E-state index contributed by atoms with van der Waals surface area (Å²) in [6.45, 7) is 1.16. The Morgan fingerprint density at radius 1 is 1.53 bits per heavy atom. The molecule has 0 spiro atoms. The number of rotatable bonds is 6. The first-order chi connectivity index (χ1) is 9.22. The third-order valence-corrected chi connectivity index (χ3v) is 3.79. The first-order valence-corrected chi connectivity index (χ1v) is 7.16. The average Bonchev–Trinajstić information content (AvgIpc) is 2.78. The Labute approximate surface area is 119 Å². The zero-order chi connectivity index (χ0) is 13.7. The Hall–Kier alpha value is -0.840. The Morgan fingerprint density at radius 3 is 3.05 bits per heavy atom. The van der Waals surface area contributed by atoms with Crippen molar-refractivity contribution in [2.24, 2.45) is 0 Å². The van der Waals surface area contributed by atoms with E-state index in [0.717, 1.165) is 12.8 Å². The van der Waals surface area contributed by atoms with Gasteiger partial charge in [0.05, 0.1) is 30.1 Å². The molecule has 1 aliphatic rings. The lowest BCUT2D eigenvalue weighted by molar-refractivity contribution is 0.152. The maximum Gasteiger partial charge on any atom is 0.101 e. The molecule has 1 aliphatic carbocycles. The number of methoxy groups -OCH3 is 1. The third kappa shape index (κ3) is 3.81. The van der Waals surface area contributed by atoms with Gasteiger partial charge in [0.1, 0.15) is 6.10 Å². The highest BCUT2D eigenvalue weighted by molar-refractivity contribution is 6.31. The molecular formula is C14H21ClN2O2. The van der Waals surface area contributed by atoms with Crippen LogP contribution < -0.4 is 0 Å². The van der Waals surface area contributed by atoms with Crippen LogP contribution in [0.3, 0.4) is 0 Å². The molecule has 0 fully saturated rings. The Kier molecular flexibility index (Phi) is 5.43. The molecule has 19 heavy (non-hydrogen) atoms. The summed E-state index contributed by atoms with van der Waals surface area (Å²) in [5.41, 5.74) is 2.03. The van der Waals surface area contributed by atoms with Gasteiger partial charge in [-0.25, -0.2) is 0 Å². The Morgan fingerprint density at radius 2 is 2.37 bits per heavy atom. The van der Waals surface area contributed by atoms with Crippen LogP contribution in [0.15, 0.2) is 17.8 Å². The van der Waals surface area contributed by atoms with Crippen molar-refractivity contribution < 1.29 is 9.84 Å². The highest BCUT2D eigenvalue weighted by Gasteiger charge is 2.19. The number of hydrogen-bond donors (Lipinski definition) is 1. The van der Waals surface area contributed by atoms with Gasteiger partial charge in [0.15, 0.2) is 0 Å². The zero-order valence-corrected chi connectivity index (χ0v) is 12.1. The van der Waals surface area contributed by atoms with E-state index in [-0.39, 0.29) is 0 Å². The van der Waals surface area contributed by atoms with Crippen LogP contribution in [0.4, 0.5) is 0 Å². The molecule has 1 atom stereocenters. The lowest BCUT2D eigenvalue weighted by Crippen LogP contribution is -2.13.